The largest absolute Gasteiger partial charge is 0.469 e. The number of nitrogens with one attached hydrogen (secondary N) is 1. The van der Waals surface area contributed by atoms with Gasteiger partial charge in [-0.2, -0.15) is 0 Å². The van der Waals surface area contributed by atoms with Crippen LogP contribution in [0.2, 0.25) is 0 Å². The van der Waals surface area contributed by atoms with Crippen molar-refractivity contribution in [3.8, 4) is 0 Å². The first kappa shape index (κ1) is 22.5. The molecule has 1 saturated heterocycles. The summed E-state index contributed by atoms with van der Waals surface area (Å²) in [5, 5.41) is 6.82. The van der Waals surface area contributed by atoms with E-state index in [9.17, 15) is 4.79 Å². The Morgan fingerprint density at radius 2 is 2.04 bits per heavy atom. The standard InChI is InChI=1S/C19H27N5O2S.HI/c1-22(2)17(25)15-21-19(20-8-7-16-5-3-13-26-16)24-11-9-23(10-12-24)18-6-4-14-27-18;/h3-6,13-14H,7-12,15H2,1-2H3,(H,20,21);1H. The molecule has 9 heteroatoms. The topological polar surface area (TPSA) is 64.3 Å². The van der Waals surface area contributed by atoms with E-state index in [-0.39, 0.29) is 36.4 Å². The lowest BCUT2D eigenvalue weighted by Crippen LogP contribution is -2.53. The second-order valence-corrected chi connectivity index (χ2v) is 7.54. The van der Waals surface area contributed by atoms with Gasteiger partial charge in [0.1, 0.15) is 12.3 Å². The molecule has 0 aromatic carbocycles. The first-order chi connectivity index (χ1) is 13.1. The zero-order valence-electron chi connectivity index (χ0n) is 16.3. The van der Waals surface area contributed by atoms with Crippen molar-refractivity contribution in [1.82, 2.24) is 15.1 Å². The Balaban J connectivity index is 0.00000280. The van der Waals surface area contributed by atoms with Crippen LogP contribution < -0.4 is 10.2 Å². The van der Waals surface area contributed by atoms with Crippen molar-refractivity contribution >= 4 is 52.2 Å². The number of hydrogen-bond donors (Lipinski definition) is 1. The van der Waals surface area contributed by atoms with Gasteiger partial charge in [-0.3, -0.25) is 4.79 Å². The number of aliphatic imine (C=N–C) groups is 1. The fourth-order valence-corrected chi connectivity index (χ4v) is 3.68. The van der Waals surface area contributed by atoms with Gasteiger partial charge in [-0.25, -0.2) is 4.99 Å². The number of piperazine rings is 1. The molecular weight excluding hydrogens is 489 g/mol. The van der Waals surface area contributed by atoms with E-state index in [1.807, 2.05) is 12.1 Å². The van der Waals surface area contributed by atoms with Crippen LogP contribution in [-0.4, -0.2) is 75.0 Å². The molecule has 3 rings (SSSR count). The highest BCUT2D eigenvalue weighted by molar-refractivity contribution is 14.0. The molecule has 0 unspecified atom stereocenters. The Labute approximate surface area is 187 Å². The molecule has 1 aliphatic rings. The number of anilines is 1. The Morgan fingerprint density at radius 3 is 2.64 bits per heavy atom. The number of guanidine groups is 1. The molecule has 0 saturated carbocycles. The van der Waals surface area contributed by atoms with Crippen molar-refractivity contribution in [2.24, 2.45) is 4.99 Å². The number of likely N-dealkylation sites (N-methyl/N-ethyl adjacent to an activating group) is 1. The minimum absolute atomic E-state index is 0. The zero-order chi connectivity index (χ0) is 19.1. The molecule has 2 aromatic rings. The molecule has 3 heterocycles. The van der Waals surface area contributed by atoms with Gasteiger partial charge in [0.2, 0.25) is 5.91 Å². The van der Waals surface area contributed by atoms with Crippen LogP contribution in [0, 0.1) is 0 Å². The van der Waals surface area contributed by atoms with Crippen molar-refractivity contribution in [3.63, 3.8) is 0 Å². The molecule has 1 aliphatic heterocycles. The van der Waals surface area contributed by atoms with Crippen molar-refractivity contribution in [3.05, 3.63) is 41.7 Å². The lowest BCUT2D eigenvalue weighted by molar-refractivity contribution is -0.127. The van der Waals surface area contributed by atoms with Gasteiger partial charge in [-0.15, -0.1) is 35.3 Å². The molecule has 154 valence electrons. The third kappa shape index (κ3) is 6.40. The quantitative estimate of drug-likeness (QED) is 0.362. The third-order valence-corrected chi connectivity index (χ3v) is 5.42. The number of hydrogen-bond acceptors (Lipinski definition) is 5. The van der Waals surface area contributed by atoms with Crippen molar-refractivity contribution < 1.29 is 9.21 Å². The van der Waals surface area contributed by atoms with E-state index in [0.29, 0.717) is 6.54 Å². The monoisotopic (exact) mass is 517 g/mol. The molecule has 1 fully saturated rings. The number of nitrogens with zero attached hydrogens (tertiary/aromatic N) is 4. The second-order valence-electron chi connectivity index (χ2n) is 6.61. The fourth-order valence-electron chi connectivity index (χ4n) is 2.89. The normalized spacial score (nSPS) is 14.6. The van der Waals surface area contributed by atoms with Crippen LogP contribution in [0.1, 0.15) is 5.76 Å². The van der Waals surface area contributed by atoms with Gasteiger partial charge in [-0.05, 0) is 29.6 Å². The number of carbonyl (C=O) groups excluding carboxylic acids is 1. The Hall–Kier alpha value is -1.75. The van der Waals surface area contributed by atoms with Crippen LogP contribution in [-0.2, 0) is 11.2 Å². The maximum Gasteiger partial charge on any atom is 0.243 e. The average molecular weight is 517 g/mol. The molecule has 0 spiro atoms. The highest BCUT2D eigenvalue weighted by Gasteiger charge is 2.21. The van der Waals surface area contributed by atoms with Crippen LogP contribution in [0.25, 0.3) is 0 Å². The predicted octanol–water partition coefficient (Wildman–Crippen LogP) is 2.36. The second kappa shape index (κ2) is 11.3. The summed E-state index contributed by atoms with van der Waals surface area (Å²) in [7, 11) is 3.50. The highest BCUT2D eigenvalue weighted by Crippen LogP contribution is 2.22. The molecule has 0 bridgehead atoms. The molecule has 7 nitrogen and oxygen atoms in total. The van der Waals surface area contributed by atoms with E-state index in [0.717, 1.165) is 44.3 Å². The van der Waals surface area contributed by atoms with E-state index < -0.39 is 0 Å². The van der Waals surface area contributed by atoms with Gasteiger partial charge in [0.15, 0.2) is 5.96 Å². The molecule has 2 aromatic heterocycles. The first-order valence-corrected chi connectivity index (χ1v) is 10.1. The SMILES string of the molecule is CN(C)C(=O)CN=C(NCCc1ccco1)N1CCN(c2cccs2)CC1.I. The van der Waals surface area contributed by atoms with Crippen LogP contribution in [0.4, 0.5) is 5.00 Å². The Bertz CT molecular complexity index is 726. The molecule has 0 radical (unpaired) electrons. The number of rotatable bonds is 6. The van der Waals surface area contributed by atoms with Crippen LogP contribution >= 0.6 is 35.3 Å². The van der Waals surface area contributed by atoms with Crippen LogP contribution in [0.3, 0.4) is 0 Å². The summed E-state index contributed by atoms with van der Waals surface area (Å²) in [4.78, 5) is 22.7. The fraction of sp³-hybridized carbons (Fsp3) is 0.474. The van der Waals surface area contributed by atoms with Crippen molar-refractivity contribution in [2.45, 2.75) is 6.42 Å². The number of furan rings is 1. The van der Waals surface area contributed by atoms with Crippen molar-refractivity contribution in [1.29, 1.82) is 0 Å². The maximum atomic E-state index is 11.9. The minimum Gasteiger partial charge on any atom is -0.469 e. The van der Waals surface area contributed by atoms with Crippen LogP contribution in [0.15, 0.2) is 45.3 Å². The number of halogens is 1. The molecule has 1 amide bonds. The van der Waals surface area contributed by atoms with Gasteiger partial charge < -0.3 is 24.4 Å². The van der Waals surface area contributed by atoms with Crippen LogP contribution in [0.5, 0.6) is 0 Å². The minimum atomic E-state index is -0.00226. The molecule has 1 N–H and O–H groups in total. The first-order valence-electron chi connectivity index (χ1n) is 9.18. The summed E-state index contributed by atoms with van der Waals surface area (Å²) >= 11 is 1.77. The Morgan fingerprint density at radius 1 is 1.25 bits per heavy atom. The highest BCUT2D eigenvalue weighted by atomic mass is 127. The molecule has 0 atom stereocenters. The van der Waals surface area contributed by atoms with E-state index in [1.54, 1.807) is 36.6 Å². The summed E-state index contributed by atoms with van der Waals surface area (Å²) in [6, 6.07) is 8.10. The molecule has 0 aliphatic carbocycles. The number of thiophene rings is 1. The third-order valence-electron chi connectivity index (χ3n) is 4.49. The van der Waals surface area contributed by atoms with Gasteiger partial charge in [0, 0.05) is 53.2 Å². The summed E-state index contributed by atoms with van der Waals surface area (Å²) in [6.45, 7) is 4.51. The predicted molar refractivity (Wildman–Crippen MR) is 125 cm³/mol. The van der Waals surface area contributed by atoms with E-state index >= 15 is 0 Å². The lowest BCUT2D eigenvalue weighted by Gasteiger charge is -2.37. The maximum absolute atomic E-state index is 11.9. The summed E-state index contributed by atoms with van der Waals surface area (Å²) < 4.78 is 5.39. The summed E-state index contributed by atoms with van der Waals surface area (Å²) in [5.41, 5.74) is 0. The smallest absolute Gasteiger partial charge is 0.243 e. The van der Waals surface area contributed by atoms with E-state index in [4.69, 9.17) is 4.42 Å². The summed E-state index contributed by atoms with van der Waals surface area (Å²) in [6.07, 6.45) is 2.46. The van der Waals surface area contributed by atoms with E-state index in [1.165, 1.54) is 5.00 Å². The summed E-state index contributed by atoms with van der Waals surface area (Å²) in [5.74, 6) is 1.73. The van der Waals surface area contributed by atoms with Gasteiger partial charge in [0.05, 0.1) is 11.3 Å². The number of carbonyl (C=O) groups is 1. The average Bonchev–Trinajstić information content (AvgIpc) is 3.38. The van der Waals surface area contributed by atoms with Gasteiger partial charge >= 0.3 is 0 Å². The molecule has 28 heavy (non-hydrogen) atoms. The Kier molecular flexibility index (Phi) is 9.10. The van der Waals surface area contributed by atoms with Gasteiger partial charge in [0.25, 0.3) is 0 Å². The van der Waals surface area contributed by atoms with E-state index in [2.05, 4.69) is 37.6 Å². The van der Waals surface area contributed by atoms with Crippen molar-refractivity contribution in [2.75, 3.05) is 58.3 Å². The lowest BCUT2D eigenvalue weighted by atomic mass is 10.3. The van der Waals surface area contributed by atoms with Gasteiger partial charge in [-0.1, -0.05) is 0 Å². The number of amides is 1. The molecular formula is C19H28IN5O2S. The zero-order valence-corrected chi connectivity index (χ0v) is 19.5.